The van der Waals surface area contributed by atoms with Crippen LogP contribution in [-0.2, 0) is 0 Å². The molecule has 0 atom stereocenters. The van der Waals surface area contributed by atoms with Crippen LogP contribution >= 0.6 is 11.3 Å². The Kier molecular flexibility index (Phi) is 7.06. The van der Waals surface area contributed by atoms with E-state index < -0.39 is 11.7 Å². The number of carbonyl (C=O) groups is 1. The van der Waals surface area contributed by atoms with Gasteiger partial charge < -0.3 is 30.5 Å². The van der Waals surface area contributed by atoms with Gasteiger partial charge in [0.25, 0.3) is 5.91 Å². The number of nitrogens with zero attached hydrogens (tertiary/aromatic N) is 4. The summed E-state index contributed by atoms with van der Waals surface area (Å²) in [5, 5.41) is 10.7. The standard InChI is InChI=1S/C26H28FN7O2S/c1-28-25(35)17-5-4-6-18(27)22(17)31-24-23-20(9-14-37-23)30-26(32-24)29-19-8-7-16(15-21(19)36-3)34-12-10-33(2)11-13-34/h4-9,14-15H,10-13H2,1-3H3,(H,28,35)(H2,29,30,31,32). The number of hydrogen-bond acceptors (Lipinski definition) is 9. The molecule has 37 heavy (non-hydrogen) atoms. The third kappa shape index (κ3) is 5.13. The van der Waals surface area contributed by atoms with Crippen LogP contribution in [0.4, 0.5) is 33.2 Å². The van der Waals surface area contributed by atoms with Crippen molar-refractivity contribution in [3.05, 3.63) is 59.2 Å². The summed E-state index contributed by atoms with van der Waals surface area (Å²) in [6.07, 6.45) is 0. The highest BCUT2D eigenvalue weighted by Gasteiger charge is 2.19. The van der Waals surface area contributed by atoms with Crippen molar-refractivity contribution in [1.82, 2.24) is 20.2 Å². The molecule has 1 saturated heterocycles. The molecule has 0 unspecified atom stereocenters. The fourth-order valence-electron chi connectivity index (χ4n) is 4.26. The van der Waals surface area contributed by atoms with Gasteiger partial charge in [-0.05, 0) is 42.8 Å². The second-order valence-electron chi connectivity index (χ2n) is 8.70. The molecule has 1 aliphatic rings. The SMILES string of the molecule is CNC(=O)c1cccc(F)c1Nc1nc(Nc2ccc(N3CCN(C)CC3)cc2OC)nc2ccsc12. The molecule has 0 radical (unpaired) electrons. The molecule has 11 heteroatoms. The van der Waals surface area contributed by atoms with Crippen LogP contribution < -0.4 is 25.6 Å². The number of aromatic nitrogens is 2. The quantitative estimate of drug-likeness (QED) is 0.329. The molecule has 4 aromatic rings. The lowest BCUT2D eigenvalue weighted by Crippen LogP contribution is -2.44. The number of carbonyl (C=O) groups excluding carboxylic acids is 1. The average Bonchev–Trinajstić information content (AvgIpc) is 3.39. The maximum atomic E-state index is 14.8. The summed E-state index contributed by atoms with van der Waals surface area (Å²) in [5.74, 6) is 0.417. The largest absolute Gasteiger partial charge is 0.494 e. The summed E-state index contributed by atoms with van der Waals surface area (Å²) >= 11 is 1.43. The first kappa shape index (κ1) is 24.7. The van der Waals surface area contributed by atoms with Crippen molar-refractivity contribution < 1.29 is 13.9 Å². The Morgan fingerprint density at radius 1 is 1.08 bits per heavy atom. The summed E-state index contributed by atoms with van der Waals surface area (Å²) in [5.41, 5.74) is 2.72. The highest BCUT2D eigenvalue weighted by molar-refractivity contribution is 7.17. The number of methoxy groups -OCH3 is 1. The Labute approximate surface area is 218 Å². The molecule has 3 N–H and O–H groups in total. The van der Waals surface area contributed by atoms with Crippen LogP contribution in [0.1, 0.15) is 10.4 Å². The molecule has 192 valence electrons. The zero-order valence-corrected chi connectivity index (χ0v) is 21.7. The zero-order valence-electron chi connectivity index (χ0n) is 20.8. The van der Waals surface area contributed by atoms with Crippen LogP contribution in [0.25, 0.3) is 10.2 Å². The highest BCUT2D eigenvalue weighted by atomic mass is 32.1. The number of piperazine rings is 1. The van der Waals surface area contributed by atoms with Gasteiger partial charge in [-0.15, -0.1) is 11.3 Å². The van der Waals surface area contributed by atoms with Crippen molar-refractivity contribution in [1.29, 1.82) is 0 Å². The van der Waals surface area contributed by atoms with E-state index in [1.807, 2.05) is 29.6 Å². The topological polar surface area (TPSA) is 94.6 Å². The molecule has 0 spiro atoms. The molecule has 5 rings (SSSR count). The van der Waals surface area contributed by atoms with Crippen LogP contribution in [0.2, 0.25) is 0 Å². The summed E-state index contributed by atoms with van der Waals surface area (Å²) < 4.78 is 21.2. The van der Waals surface area contributed by atoms with E-state index in [2.05, 4.69) is 42.8 Å². The summed E-state index contributed by atoms with van der Waals surface area (Å²) in [4.78, 5) is 26.3. The maximum absolute atomic E-state index is 14.8. The van der Waals surface area contributed by atoms with E-state index in [1.54, 1.807) is 13.2 Å². The number of para-hydroxylation sites is 1. The molecule has 2 aromatic carbocycles. The number of fused-ring (bicyclic) bond motifs is 1. The second kappa shape index (κ2) is 10.6. The molecule has 1 aliphatic heterocycles. The second-order valence-corrected chi connectivity index (χ2v) is 9.61. The first-order valence-electron chi connectivity index (χ1n) is 11.9. The number of halogens is 1. The molecule has 1 fully saturated rings. The van der Waals surface area contributed by atoms with Gasteiger partial charge in [0.2, 0.25) is 5.95 Å². The lowest BCUT2D eigenvalue weighted by Gasteiger charge is -2.34. The molecular weight excluding hydrogens is 493 g/mol. The van der Waals surface area contributed by atoms with Gasteiger partial charge in [-0.25, -0.2) is 9.37 Å². The van der Waals surface area contributed by atoms with Crippen LogP contribution in [0.15, 0.2) is 47.8 Å². The minimum Gasteiger partial charge on any atom is -0.494 e. The van der Waals surface area contributed by atoms with E-state index >= 15 is 0 Å². The smallest absolute Gasteiger partial charge is 0.253 e. The van der Waals surface area contributed by atoms with Gasteiger partial charge in [-0.3, -0.25) is 4.79 Å². The Hall–Kier alpha value is -3.96. The highest BCUT2D eigenvalue weighted by Crippen LogP contribution is 2.35. The number of hydrogen-bond donors (Lipinski definition) is 3. The molecule has 0 saturated carbocycles. The van der Waals surface area contributed by atoms with Crippen LogP contribution in [0.3, 0.4) is 0 Å². The Morgan fingerprint density at radius 2 is 1.89 bits per heavy atom. The Bertz CT molecular complexity index is 1440. The van der Waals surface area contributed by atoms with Crippen molar-refractivity contribution in [2.45, 2.75) is 0 Å². The maximum Gasteiger partial charge on any atom is 0.253 e. The fourth-order valence-corrected chi connectivity index (χ4v) is 5.04. The molecule has 2 aromatic heterocycles. The number of thiophene rings is 1. The van der Waals surface area contributed by atoms with E-state index in [-0.39, 0.29) is 11.3 Å². The third-order valence-electron chi connectivity index (χ3n) is 6.33. The number of rotatable bonds is 7. The molecule has 0 bridgehead atoms. The first-order valence-corrected chi connectivity index (χ1v) is 12.8. The predicted molar refractivity (Wildman–Crippen MR) is 146 cm³/mol. The van der Waals surface area contributed by atoms with Gasteiger partial charge >= 0.3 is 0 Å². The Balaban J connectivity index is 1.46. The zero-order chi connectivity index (χ0) is 25.9. The van der Waals surface area contributed by atoms with E-state index in [0.29, 0.717) is 28.7 Å². The van der Waals surface area contributed by atoms with Crippen molar-refractivity contribution in [2.75, 3.05) is 62.9 Å². The van der Waals surface area contributed by atoms with Crippen molar-refractivity contribution >= 4 is 56.3 Å². The van der Waals surface area contributed by atoms with Crippen LogP contribution in [-0.4, -0.2) is 68.2 Å². The fraction of sp³-hybridized carbons (Fsp3) is 0.269. The number of likely N-dealkylation sites (N-methyl/N-ethyl adjacent to an activating group) is 1. The third-order valence-corrected chi connectivity index (χ3v) is 7.24. The molecule has 0 aliphatic carbocycles. The summed E-state index contributed by atoms with van der Waals surface area (Å²) in [7, 11) is 5.26. The van der Waals surface area contributed by atoms with Crippen LogP contribution in [0, 0.1) is 5.82 Å². The van der Waals surface area contributed by atoms with Gasteiger partial charge in [0, 0.05) is 45.0 Å². The van der Waals surface area contributed by atoms with Gasteiger partial charge in [0.05, 0.1) is 34.3 Å². The van der Waals surface area contributed by atoms with Crippen molar-refractivity contribution in [2.24, 2.45) is 0 Å². The average molecular weight is 522 g/mol. The van der Waals surface area contributed by atoms with E-state index in [4.69, 9.17) is 4.74 Å². The minimum absolute atomic E-state index is 0.0512. The van der Waals surface area contributed by atoms with E-state index in [9.17, 15) is 9.18 Å². The molecule has 3 heterocycles. The normalized spacial score (nSPS) is 14.0. The lowest BCUT2D eigenvalue weighted by atomic mass is 10.1. The number of benzene rings is 2. The number of anilines is 5. The molecule has 9 nitrogen and oxygen atoms in total. The monoisotopic (exact) mass is 521 g/mol. The van der Waals surface area contributed by atoms with Crippen molar-refractivity contribution in [3.8, 4) is 5.75 Å². The van der Waals surface area contributed by atoms with E-state index in [0.717, 1.165) is 36.6 Å². The van der Waals surface area contributed by atoms with Crippen molar-refractivity contribution in [3.63, 3.8) is 0 Å². The first-order chi connectivity index (χ1) is 18.0. The van der Waals surface area contributed by atoms with Crippen LogP contribution in [0.5, 0.6) is 5.75 Å². The Morgan fingerprint density at radius 3 is 2.65 bits per heavy atom. The van der Waals surface area contributed by atoms with Gasteiger partial charge in [0.1, 0.15) is 11.6 Å². The number of amides is 1. The number of nitrogens with one attached hydrogen (secondary N) is 3. The molecule has 1 amide bonds. The van der Waals surface area contributed by atoms with Gasteiger partial charge in [-0.1, -0.05) is 6.07 Å². The van der Waals surface area contributed by atoms with E-state index in [1.165, 1.54) is 30.5 Å². The van der Waals surface area contributed by atoms with Gasteiger partial charge in [0.15, 0.2) is 5.82 Å². The number of ether oxygens (including phenoxy) is 1. The summed E-state index contributed by atoms with van der Waals surface area (Å²) in [6.45, 7) is 3.92. The molecular formula is C26H28FN7O2S. The minimum atomic E-state index is -0.555. The lowest BCUT2D eigenvalue weighted by molar-refractivity contribution is 0.0963. The predicted octanol–water partition coefficient (Wildman–Crippen LogP) is 4.44. The summed E-state index contributed by atoms with van der Waals surface area (Å²) in [6, 6.07) is 12.2. The van der Waals surface area contributed by atoms with Gasteiger partial charge in [-0.2, -0.15) is 4.98 Å².